The summed E-state index contributed by atoms with van der Waals surface area (Å²) >= 11 is 7.28. The van der Waals surface area contributed by atoms with Crippen LogP contribution >= 0.6 is 23.4 Å². The molecule has 0 radical (unpaired) electrons. The molecule has 0 amide bonds. The second-order valence-electron chi connectivity index (χ2n) is 8.42. The molecule has 2 aromatic heterocycles. The molecule has 2 aromatic carbocycles. The van der Waals surface area contributed by atoms with Gasteiger partial charge in [-0.3, -0.25) is 13.9 Å². The van der Waals surface area contributed by atoms with Gasteiger partial charge >= 0.3 is 12.1 Å². The number of imidazole rings is 1. The Kier molecular flexibility index (Phi) is 8.03. The summed E-state index contributed by atoms with van der Waals surface area (Å²) < 4.78 is 46.2. The molecule has 12 heteroatoms. The van der Waals surface area contributed by atoms with E-state index in [2.05, 4.69) is 9.72 Å². The van der Waals surface area contributed by atoms with E-state index in [1.807, 2.05) is 19.1 Å². The third-order valence-electron chi connectivity index (χ3n) is 5.69. The first-order valence-corrected chi connectivity index (χ1v) is 12.9. The van der Waals surface area contributed by atoms with Gasteiger partial charge in [0.2, 0.25) is 0 Å². The Morgan fingerprint density at radius 2 is 1.78 bits per heavy atom. The molecule has 0 spiro atoms. The molecule has 196 valence electrons. The maximum absolute atomic E-state index is 13.5. The summed E-state index contributed by atoms with van der Waals surface area (Å²) in [5.74, 6) is -0.0572. The number of halogens is 4. The molecule has 0 saturated heterocycles. The lowest BCUT2D eigenvalue weighted by molar-refractivity contribution is -0.274. The number of nitrogens with zero attached hydrogens (tertiary/aromatic N) is 4. The molecule has 37 heavy (non-hydrogen) atoms. The third kappa shape index (κ3) is 6.22. The topological polar surface area (TPSA) is 71.1 Å². The van der Waals surface area contributed by atoms with E-state index in [0.717, 1.165) is 12.0 Å². The minimum Gasteiger partial charge on any atom is -0.406 e. The minimum atomic E-state index is -4.79. The van der Waals surface area contributed by atoms with Gasteiger partial charge in [-0.05, 0) is 41.8 Å². The Morgan fingerprint density at radius 1 is 1.05 bits per heavy atom. The van der Waals surface area contributed by atoms with Gasteiger partial charge in [-0.15, -0.1) is 13.2 Å². The van der Waals surface area contributed by atoms with E-state index in [1.165, 1.54) is 39.1 Å². The van der Waals surface area contributed by atoms with Crippen LogP contribution in [0, 0.1) is 0 Å². The van der Waals surface area contributed by atoms with Crippen LogP contribution in [0.4, 0.5) is 13.2 Å². The Hall–Kier alpha value is -3.18. The summed E-state index contributed by atoms with van der Waals surface area (Å²) in [6.07, 6.45) is -3.30. The van der Waals surface area contributed by atoms with Gasteiger partial charge in [0.1, 0.15) is 5.75 Å². The molecule has 0 aliphatic heterocycles. The number of fused-ring (bicyclic) bond motifs is 1. The average molecular weight is 553 g/mol. The first-order valence-electron chi connectivity index (χ1n) is 11.5. The Bertz CT molecular complexity index is 1530. The highest BCUT2D eigenvalue weighted by atomic mass is 35.5. The van der Waals surface area contributed by atoms with Crippen molar-refractivity contribution in [3.05, 3.63) is 85.5 Å². The molecule has 7 nitrogen and oxygen atoms in total. The maximum Gasteiger partial charge on any atom is 0.573 e. The second kappa shape index (κ2) is 11.1. The molecule has 0 N–H and O–H groups in total. The van der Waals surface area contributed by atoms with Crippen molar-refractivity contribution in [1.82, 2.24) is 18.7 Å². The van der Waals surface area contributed by atoms with Gasteiger partial charge in [-0.25, -0.2) is 9.78 Å². The van der Waals surface area contributed by atoms with Crippen LogP contribution in [0.1, 0.15) is 30.9 Å². The van der Waals surface area contributed by atoms with Crippen LogP contribution in [0.15, 0.2) is 63.3 Å². The lowest BCUT2D eigenvalue weighted by atomic mass is 10.2. The molecule has 2 heterocycles. The van der Waals surface area contributed by atoms with E-state index >= 15 is 0 Å². The molecule has 0 unspecified atom stereocenters. The van der Waals surface area contributed by atoms with Gasteiger partial charge in [0, 0.05) is 24.4 Å². The van der Waals surface area contributed by atoms with Crippen molar-refractivity contribution < 1.29 is 17.9 Å². The zero-order valence-corrected chi connectivity index (χ0v) is 21.7. The number of rotatable bonds is 9. The normalized spacial score (nSPS) is 11.8. The molecule has 4 rings (SSSR count). The molecule has 0 bridgehead atoms. The largest absolute Gasteiger partial charge is 0.573 e. The molecular formula is C25H24ClF3N4O3S. The van der Waals surface area contributed by atoms with Crippen LogP contribution in [0.5, 0.6) is 5.75 Å². The lowest BCUT2D eigenvalue weighted by Crippen LogP contribution is -2.39. The molecule has 0 atom stereocenters. The molecule has 0 fully saturated rings. The van der Waals surface area contributed by atoms with Crippen LogP contribution in [-0.2, 0) is 25.9 Å². The number of benzene rings is 2. The van der Waals surface area contributed by atoms with Gasteiger partial charge in [0.05, 0.1) is 6.54 Å². The summed E-state index contributed by atoms with van der Waals surface area (Å²) in [7, 11) is 1.57. The molecule has 4 aromatic rings. The molecular weight excluding hydrogens is 529 g/mol. The third-order valence-corrected chi connectivity index (χ3v) is 6.99. The van der Waals surface area contributed by atoms with Crippen LogP contribution in [0.25, 0.3) is 11.2 Å². The van der Waals surface area contributed by atoms with Gasteiger partial charge < -0.3 is 9.30 Å². The van der Waals surface area contributed by atoms with Crippen molar-refractivity contribution in [1.29, 1.82) is 0 Å². The quantitative estimate of drug-likeness (QED) is 0.253. The standard InChI is InChI=1S/C25H24ClF3N4O3S/c1-3-4-12-32-22(34)20-21(31(2)24(32)35)30-23(33(20)14-16-8-10-18(26)11-9-16)37-15-17-6-5-7-19(13-17)36-25(27,28)29/h5-11,13H,3-4,12,14-15H2,1-2H3. The number of hydrogen-bond donors (Lipinski definition) is 0. The van der Waals surface area contributed by atoms with Crippen LogP contribution in [0.3, 0.4) is 0 Å². The highest BCUT2D eigenvalue weighted by molar-refractivity contribution is 7.98. The first kappa shape index (κ1) is 26.9. The van der Waals surface area contributed by atoms with Crippen LogP contribution < -0.4 is 16.0 Å². The van der Waals surface area contributed by atoms with Crippen LogP contribution in [-0.4, -0.2) is 25.0 Å². The number of unbranched alkanes of at least 4 members (excludes halogenated alkanes) is 1. The van der Waals surface area contributed by atoms with E-state index in [1.54, 1.807) is 29.8 Å². The monoisotopic (exact) mass is 552 g/mol. The van der Waals surface area contributed by atoms with Crippen molar-refractivity contribution in [2.24, 2.45) is 7.05 Å². The Morgan fingerprint density at radius 3 is 2.46 bits per heavy atom. The zero-order chi connectivity index (χ0) is 26.7. The van der Waals surface area contributed by atoms with Crippen molar-refractivity contribution >= 4 is 34.5 Å². The van der Waals surface area contributed by atoms with Crippen molar-refractivity contribution in [2.45, 2.75) is 50.1 Å². The van der Waals surface area contributed by atoms with Gasteiger partial charge in [0.25, 0.3) is 5.56 Å². The summed E-state index contributed by atoms with van der Waals surface area (Å²) in [5, 5.41) is 1.02. The smallest absolute Gasteiger partial charge is 0.406 e. The predicted molar refractivity (Wildman–Crippen MR) is 137 cm³/mol. The fourth-order valence-corrected chi connectivity index (χ4v) is 4.94. The van der Waals surface area contributed by atoms with E-state index in [4.69, 9.17) is 11.6 Å². The van der Waals surface area contributed by atoms with Gasteiger partial charge in [-0.2, -0.15) is 0 Å². The highest BCUT2D eigenvalue weighted by Gasteiger charge is 2.31. The first-order chi connectivity index (χ1) is 17.6. The fourth-order valence-electron chi connectivity index (χ4n) is 3.87. The minimum absolute atomic E-state index is 0.244. The number of alkyl halides is 3. The summed E-state index contributed by atoms with van der Waals surface area (Å²) in [6.45, 7) is 2.55. The number of thioether (sulfide) groups is 1. The number of ether oxygens (including phenoxy) is 1. The van der Waals surface area contributed by atoms with E-state index in [-0.39, 0.29) is 29.2 Å². The molecule has 0 aliphatic rings. The molecule has 0 aliphatic carbocycles. The maximum atomic E-state index is 13.5. The lowest BCUT2D eigenvalue weighted by Gasteiger charge is -2.12. The van der Waals surface area contributed by atoms with Crippen LogP contribution in [0.2, 0.25) is 5.02 Å². The Labute approximate surface area is 219 Å². The van der Waals surface area contributed by atoms with E-state index in [9.17, 15) is 22.8 Å². The summed E-state index contributed by atoms with van der Waals surface area (Å²) in [4.78, 5) is 31.0. The van der Waals surface area contributed by atoms with E-state index in [0.29, 0.717) is 28.7 Å². The molecule has 0 saturated carbocycles. The number of aromatic nitrogens is 4. The van der Waals surface area contributed by atoms with Gasteiger partial charge in [-0.1, -0.05) is 61.0 Å². The average Bonchev–Trinajstić information content (AvgIpc) is 3.20. The summed E-state index contributed by atoms with van der Waals surface area (Å²) in [6, 6.07) is 12.8. The zero-order valence-electron chi connectivity index (χ0n) is 20.1. The van der Waals surface area contributed by atoms with Gasteiger partial charge in [0.15, 0.2) is 16.3 Å². The Balaban J connectivity index is 1.77. The summed E-state index contributed by atoms with van der Waals surface area (Å²) in [5.41, 5.74) is 1.08. The van der Waals surface area contributed by atoms with E-state index < -0.39 is 17.6 Å². The van der Waals surface area contributed by atoms with Crippen molar-refractivity contribution in [3.8, 4) is 5.75 Å². The fraction of sp³-hybridized carbons (Fsp3) is 0.320. The van der Waals surface area contributed by atoms with Crippen molar-refractivity contribution in [3.63, 3.8) is 0 Å². The predicted octanol–water partition coefficient (Wildman–Crippen LogP) is 5.59. The number of hydrogen-bond acceptors (Lipinski definition) is 5. The van der Waals surface area contributed by atoms with Crippen molar-refractivity contribution in [2.75, 3.05) is 0 Å². The number of aryl methyl sites for hydroxylation is 1. The SMILES string of the molecule is CCCCn1c(=O)c2c(nc(SCc3cccc(OC(F)(F)F)c3)n2Cc2ccc(Cl)cc2)n(C)c1=O. The second-order valence-corrected chi connectivity index (χ2v) is 9.79. The highest BCUT2D eigenvalue weighted by Crippen LogP contribution is 2.29.